The van der Waals surface area contributed by atoms with Crippen LogP contribution in [0.2, 0.25) is 0 Å². The highest BCUT2D eigenvalue weighted by molar-refractivity contribution is 5.10. The molecule has 0 aromatic carbocycles. The molecule has 1 aliphatic carbocycles. The molecule has 7 nitrogen and oxygen atoms in total. The van der Waals surface area contributed by atoms with Crippen molar-refractivity contribution in [3.63, 3.8) is 0 Å². The molecule has 0 N–H and O–H groups in total. The minimum Gasteiger partial charge on any atom is -0.319 e. The molecule has 100 valence electrons. The minimum absolute atomic E-state index is 0.100. The molecule has 2 aromatic heterocycles. The van der Waals surface area contributed by atoms with Crippen molar-refractivity contribution >= 4 is 0 Å². The summed E-state index contributed by atoms with van der Waals surface area (Å²) in [7, 11) is 1.69. The molecule has 0 aliphatic heterocycles. The lowest BCUT2D eigenvalue weighted by Gasteiger charge is -2.23. The number of nitrogens with zero attached hydrogens (tertiary/aromatic N) is 5. The van der Waals surface area contributed by atoms with Crippen molar-refractivity contribution in [3.05, 3.63) is 44.7 Å². The van der Waals surface area contributed by atoms with Crippen molar-refractivity contribution in [1.82, 2.24) is 24.4 Å². The zero-order valence-electron chi connectivity index (χ0n) is 10.7. The third-order valence-electron chi connectivity index (χ3n) is 3.58. The molecule has 19 heavy (non-hydrogen) atoms. The first-order valence-corrected chi connectivity index (χ1v) is 6.33. The van der Waals surface area contributed by atoms with Gasteiger partial charge in [0.25, 0.3) is 5.56 Å². The second-order valence-corrected chi connectivity index (χ2v) is 4.93. The molecule has 0 atom stereocenters. The predicted octanol–water partition coefficient (Wildman–Crippen LogP) is -0.0882. The molecule has 0 radical (unpaired) electrons. The van der Waals surface area contributed by atoms with Gasteiger partial charge in [0.2, 0.25) is 0 Å². The molecule has 0 unspecified atom stereocenters. The lowest BCUT2D eigenvalue weighted by atomic mass is 9.93. The molecule has 0 spiro atoms. The molecule has 7 heteroatoms. The Bertz CT molecular complexity index is 707. The van der Waals surface area contributed by atoms with Gasteiger partial charge in [0, 0.05) is 19.3 Å². The number of tetrazole rings is 1. The van der Waals surface area contributed by atoms with Crippen molar-refractivity contribution in [3.8, 4) is 0 Å². The first-order valence-electron chi connectivity index (χ1n) is 6.33. The molecule has 0 amide bonds. The van der Waals surface area contributed by atoms with E-state index in [-0.39, 0.29) is 23.8 Å². The summed E-state index contributed by atoms with van der Waals surface area (Å²) >= 11 is 0. The highest BCUT2D eigenvalue weighted by Gasteiger charge is 2.23. The van der Waals surface area contributed by atoms with Gasteiger partial charge in [-0.1, -0.05) is 0 Å². The molecule has 1 saturated carbocycles. The topological polar surface area (TPSA) is 74.7 Å². The van der Waals surface area contributed by atoms with Gasteiger partial charge in [0.15, 0.2) is 0 Å². The molecule has 2 heterocycles. The van der Waals surface area contributed by atoms with Crippen molar-refractivity contribution in [2.75, 3.05) is 0 Å². The van der Waals surface area contributed by atoms with Gasteiger partial charge in [-0.3, -0.25) is 4.79 Å². The molecule has 0 bridgehead atoms. The molecular weight excluding hydrogens is 246 g/mol. The van der Waals surface area contributed by atoms with E-state index in [2.05, 4.69) is 10.4 Å². The van der Waals surface area contributed by atoms with Crippen LogP contribution in [0.25, 0.3) is 0 Å². The summed E-state index contributed by atoms with van der Waals surface area (Å²) < 4.78 is 4.23. The number of hydrogen-bond donors (Lipinski definition) is 0. The maximum absolute atomic E-state index is 12.1. The van der Waals surface area contributed by atoms with Crippen LogP contribution in [-0.4, -0.2) is 24.4 Å². The summed E-state index contributed by atoms with van der Waals surface area (Å²) in [6, 6.07) is 3.51. The predicted molar refractivity (Wildman–Crippen MR) is 68.0 cm³/mol. The smallest absolute Gasteiger partial charge is 0.319 e. The number of rotatable bonds is 3. The summed E-state index contributed by atoms with van der Waals surface area (Å²) in [5, 5.41) is 7.78. The number of aryl methyl sites for hydroxylation is 1. The third-order valence-corrected chi connectivity index (χ3v) is 3.58. The Morgan fingerprint density at radius 3 is 2.74 bits per heavy atom. The fraction of sp³-hybridized carbons (Fsp3) is 0.500. The molecular formula is C12H15N5O2. The van der Waals surface area contributed by atoms with Crippen LogP contribution in [0.3, 0.4) is 0 Å². The Labute approximate surface area is 109 Å². The van der Waals surface area contributed by atoms with Crippen LogP contribution in [0.1, 0.15) is 30.9 Å². The van der Waals surface area contributed by atoms with Gasteiger partial charge < -0.3 is 4.57 Å². The van der Waals surface area contributed by atoms with Crippen LogP contribution in [0, 0.1) is 0 Å². The van der Waals surface area contributed by atoms with Gasteiger partial charge in [-0.05, 0) is 41.3 Å². The summed E-state index contributed by atoms with van der Waals surface area (Å²) in [5.74, 6) is 0. The molecule has 2 aromatic rings. The number of aromatic nitrogens is 5. The molecule has 0 saturated heterocycles. The SMILES string of the molecule is Cn1ccc(Cn2nnn(C3CCC3)c2=O)cc1=O. The zero-order chi connectivity index (χ0) is 13.4. The van der Waals surface area contributed by atoms with E-state index in [0.717, 1.165) is 24.8 Å². The van der Waals surface area contributed by atoms with Gasteiger partial charge >= 0.3 is 5.69 Å². The van der Waals surface area contributed by atoms with E-state index in [1.807, 2.05) is 0 Å². The van der Waals surface area contributed by atoms with E-state index in [9.17, 15) is 9.59 Å². The van der Waals surface area contributed by atoms with Gasteiger partial charge in [-0.15, -0.1) is 0 Å². The zero-order valence-corrected chi connectivity index (χ0v) is 10.7. The number of hydrogen-bond acceptors (Lipinski definition) is 4. The highest BCUT2D eigenvalue weighted by Crippen LogP contribution is 2.28. The summed E-state index contributed by atoms with van der Waals surface area (Å²) in [6.45, 7) is 0.279. The van der Waals surface area contributed by atoms with E-state index >= 15 is 0 Å². The standard InChI is InChI=1S/C12H15N5O2/c1-15-6-5-9(7-11(15)18)8-16-12(19)17(14-13-16)10-3-2-4-10/h5-7,10H,2-4,8H2,1H3. The fourth-order valence-corrected chi connectivity index (χ4v) is 2.11. The summed E-state index contributed by atoms with van der Waals surface area (Å²) in [5.41, 5.74) is 0.452. The Kier molecular flexibility index (Phi) is 2.81. The van der Waals surface area contributed by atoms with Crippen molar-refractivity contribution in [2.45, 2.75) is 31.8 Å². The minimum atomic E-state index is -0.203. The van der Waals surface area contributed by atoms with E-state index in [1.165, 1.54) is 20.0 Å². The molecule has 1 fully saturated rings. The molecule has 1 aliphatic rings. The van der Waals surface area contributed by atoms with Gasteiger partial charge in [-0.2, -0.15) is 9.36 Å². The summed E-state index contributed by atoms with van der Waals surface area (Å²) in [4.78, 5) is 23.6. The van der Waals surface area contributed by atoms with Crippen molar-refractivity contribution in [1.29, 1.82) is 0 Å². The van der Waals surface area contributed by atoms with E-state index in [0.29, 0.717) is 0 Å². The van der Waals surface area contributed by atoms with Crippen LogP contribution in [0.4, 0.5) is 0 Å². The monoisotopic (exact) mass is 261 g/mol. The average Bonchev–Trinajstić information content (AvgIpc) is 2.65. The largest absolute Gasteiger partial charge is 0.364 e. The van der Waals surface area contributed by atoms with Crippen LogP contribution >= 0.6 is 0 Å². The quantitative estimate of drug-likeness (QED) is 0.774. The van der Waals surface area contributed by atoms with E-state index in [4.69, 9.17) is 0 Å². The third kappa shape index (κ3) is 2.11. The number of pyridine rings is 1. The Morgan fingerprint density at radius 1 is 1.32 bits per heavy atom. The Balaban J connectivity index is 1.87. The van der Waals surface area contributed by atoms with E-state index < -0.39 is 0 Å². The fourth-order valence-electron chi connectivity index (χ4n) is 2.11. The van der Waals surface area contributed by atoms with Crippen molar-refractivity contribution in [2.24, 2.45) is 7.05 Å². The second-order valence-electron chi connectivity index (χ2n) is 4.93. The molecule has 3 rings (SSSR count). The van der Waals surface area contributed by atoms with Crippen LogP contribution in [0.15, 0.2) is 27.9 Å². The maximum atomic E-state index is 12.1. The van der Waals surface area contributed by atoms with Crippen LogP contribution in [-0.2, 0) is 13.6 Å². The van der Waals surface area contributed by atoms with Crippen molar-refractivity contribution < 1.29 is 0 Å². The lowest BCUT2D eigenvalue weighted by molar-refractivity contribution is 0.277. The van der Waals surface area contributed by atoms with Gasteiger partial charge in [-0.25, -0.2) is 4.79 Å². The lowest BCUT2D eigenvalue weighted by Crippen LogP contribution is -2.32. The van der Waals surface area contributed by atoms with Crippen LogP contribution in [0.5, 0.6) is 0 Å². The average molecular weight is 261 g/mol. The maximum Gasteiger partial charge on any atom is 0.364 e. The van der Waals surface area contributed by atoms with Crippen LogP contribution < -0.4 is 11.2 Å². The Morgan fingerprint density at radius 2 is 2.11 bits per heavy atom. The second kappa shape index (κ2) is 4.49. The highest BCUT2D eigenvalue weighted by atomic mass is 16.2. The summed E-state index contributed by atoms with van der Waals surface area (Å²) in [6.07, 6.45) is 4.80. The van der Waals surface area contributed by atoms with Gasteiger partial charge in [0.05, 0.1) is 12.6 Å². The van der Waals surface area contributed by atoms with Gasteiger partial charge in [0.1, 0.15) is 0 Å². The Hall–Kier alpha value is -2.18. The first-order chi connectivity index (χ1) is 9.15. The van der Waals surface area contributed by atoms with E-state index in [1.54, 1.807) is 19.3 Å². The first kappa shape index (κ1) is 11.9. The normalized spacial score (nSPS) is 15.4.